The molecule has 0 amide bonds. The smallest absolute Gasteiger partial charge is 0.164 e. The molecule has 15 aromatic carbocycles. The molecule has 0 bridgehead atoms. The number of hydrogen-bond acceptors (Lipinski definition) is 16. The molecule has 0 fully saturated rings. The molecular weight excluding hydrogens is 1660 g/mol. The van der Waals surface area contributed by atoms with E-state index in [-0.39, 0.29) is 12.0 Å². The van der Waals surface area contributed by atoms with Gasteiger partial charge in [-0.2, -0.15) is 0 Å². The molecule has 0 saturated carbocycles. The average molecular weight is 1740 g/mol. The van der Waals surface area contributed by atoms with Crippen molar-refractivity contribution in [2.75, 3.05) is 11.9 Å². The largest absolute Gasteiger partial charge is 0.485 e. The van der Waals surface area contributed by atoms with Crippen LogP contribution >= 0.6 is 0 Å². The first-order valence-corrected chi connectivity index (χ1v) is 45.6. The third-order valence-corrected chi connectivity index (χ3v) is 25.9. The zero-order valence-corrected chi connectivity index (χ0v) is 72.9. The molecule has 5 aromatic heterocycles. The summed E-state index contributed by atoms with van der Waals surface area (Å²) in [4.78, 5) is 59.7. The SMILES string of the molecule is C1=CCC(c2cc(-c3ccccc3)nc(-c3ccc4nc(-c5ccc6c7c(cccc57)-c5ccccc5O6)cnc4c3)n2)C=C1.C1=CCC2Oc3ccc(C4=Nc5ccc(-c6nc(C7=CCCC=C7)nc(-c7ccccc7)n6)cc5NC4)c4cccc(c34)C2=C1.c1ccc(-c2cc(-c3ccc4nc(-c5ccc6c7c(cccc57)-c5ccccc5O6)cnc4c3)nc(-c3ccccc3)n2)cc1. The Labute approximate surface area is 777 Å². The number of aromatic nitrogens is 11. The molecular formula is C119H79N13O3. The number of ether oxygens (including phenoxy) is 3. The summed E-state index contributed by atoms with van der Waals surface area (Å²) in [6.45, 7) is 0.611. The van der Waals surface area contributed by atoms with Crippen LogP contribution in [0, 0.1) is 0 Å². The fourth-order valence-electron chi connectivity index (χ4n) is 19.3. The van der Waals surface area contributed by atoms with Crippen molar-refractivity contribution in [1.29, 1.82) is 0 Å². The van der Waals surface area contributed by atoms with Crippen molar-refractivity contribution in [2.24, 2.45) is 4.99 Å². The van der Waals surface area contributed by atoms with Crippen molar-refractivity contribution >= 4 is 82.6 Å². The standard InChI is InChI=1S/C40H24N4O.C40H26N4O.C39H29N5O/c1-3-10-25(11-4-1)33-23-34(44-40(43-33)26-12-5-2-6-13-26)27-18-20-32-35(22-27)41-24-36(42-32)28-19-21-38-39-30(28)15-9-16-31(39)29-14-7-8-17-37(29)45-38;1-3-10-25(11-4-1)33-23-34(26-12-5-2-6-13-26)44-40(43-33)27-18-20-32-35(22-27)41-24-36(42-32)28-19-21-38-39-30(28)15-9-16-31(39)29-14-7-8-17-37(29)45-38;1-3-10-24(11-4-1)37-42-38(25-12-5-2-6-13-25)44-39(43-37)26-18-20-31-32(22-26)40-23-33(41-31)27-19-21-35-36-29(27)15-9-16-30(36)28-14-7-8-17-34(28)45-35/h1-24H;1-12,14-24,26H,13H2;1,3-5,7-16,18-22,34,40H,2,6,17,23H2. The minimum Gasteiger partial charge on any atom is -0.485 e. The van der Waals surface area contributed by atoms with Gasteiger partial charge in [0.1, 0.15) is 34.9 Å². The lowest BCUT2D eigenvalue weighted by Gasteiger charge is -2.31. The summed E-state index contributed by atoms with van der Waals surface area (Å²) < 4.78 is 19.0. The maximum absolute atomic E-state index is 6.45. The van der Waals surface area contributed by atoms with Crippen LogP contribution in [0.5, 0.6) is 28.7 Å². The Kier molecular flexibility index (Phi) is 20.0. The van der Waals surface area contributed by atoms with Gasteiger partial charge in [0.05, 0.1) is 92.3 Å². The Morgan fingerprint density at radius 1 is 0.311 bits per heavy atom. The van der Waals surface area contributed by atoms with Crippen molar-refractivity contribution < 1.29 is 14.2 Å². The third kappa shape index (κ3) is 15.0. The number of hydrogen-bond donors (Lipinski definition) is 1. The van der Waals surface area contributed by atoms with E-state index < -0.39 is 0 Å². The Morgan fingerprint density at radius 3 is 1.44 bits per heavy atom. The van der Waals surface area contributed by atoms with Gasteiger partial charge >= 0.3 is 0 Å². The molecule has 135 heavy (non-hydrogen) atoms. The Bertz CT molecular complexity index is 8430. The molecule has 9 heterocycles. The second kappa shape index (κ2) is 33.9. The molecule has 0 saturated heterocycles. The van der Waals surface area contributed by atoms with E-state index >= 15 is 0 Å². The van der Waals surface area contributed by atoms with E-state index in [2.05, 4.69) is 218 Å². The molecule has 0 radical (unpaired) electrons. The van der Waals surface area contributed by atoms with Crippen molar-refractivity contribution in [3.8, 4) is 153 Å². The number of nitrogens with one attached hydrogen (secondary N) is 1. The van der Waals surface area contributed by atoms with Crippen LogP contribution < -0.4 is 19.5 Å². The predicted octanol–water partition coefficient (Wildman–Crippen LogP) is 28.7. The summed E-state index contributed by atoms with van der Waals surface area (Å²) >= 11 is 0. The first kappa shape index (κ1) is 79.4. The normalized spacial score (nSPS) is 14.8. The van der Waals surface area contributed by atoms with Gasteiger partial charge in [-0.05, 0) is 161 Å². The van der Waals surface area contributed by atoms with Gasteiger partial charge in [0.15, 0.2) is 29.1 Å². The van der Waals surface area contributed by atoms with Crippen LogP contribution in [-0.2, 0) is 0 Å². The number of rotatable bonds is 12. The maximum Gasteiger partial charge on any atom is 0.164 e. The summed E-state index contributed by atoms with van der Waals surface area (Å²) in [6, 6.07) is 111. The predicted molar refractivity (Wildman–Crippen MR) is 542 cm³/mol. The Morgan fingerprint density at radius 2 is 0.815 bits per heavy atom. The molecule has 1 N–H and O–H groups in total. The third-order valence-electron chi connectivity index (χ3n) is 25.9. The van der Waals surface area contributed by atoms with E-state index in [1.165, 1.54) is 27.6 Å². The van der Waals surface area contributed by atoms with Crippen molar-refractivity contribution in [3.63, 3.8) is 0 Å². The highest BCUT2D eigenvalue weighted by atomic mass is 16.5. The van der Waals surface area contributed by atoms with Crippen molar-refractivity contribution in [3.05, 3.63) is 423 Å². The van der Waals surface area contributed by atoms with Crippen molar-refractivity contribution in [1.82, 2.24) is 54.8 Å². The Balaban J connectivity index is 0.000000108. The number of para-hydroxylation sites is 2. The van der Waals surface area contributed by atoms with Gasteiger partial charge in [0.25, 0.3) is 0 Å². The molecule has 2 unspecified atom stereocenters. The molecule has 20 aromatic rings. The molecule has 16 nitrogen and oxygen atoms in total. The van der Waals surface area contributed by atoms with E-state index in [1.807, 2.05) is 188 Å². The number of aliphatic imine (C=N–C) groups is 1. The topological polar surface area (TPSA) is 194 Å². The number of fused-ring (bicyclic) bond motifs is 9. The van der Waals surface area contributed by atoms with Gasteiger partial charge < -0.3 is 19.5 Å². The van der Waals surface area contributed by atoms with E-state index in [9.17, 15) is 0 Å². The molecule has 4 aliphatic heterocycles. The van der Waals surface area contributed by atoms with Gasteiger partial charge in [-0.25, -0.2) is 49.8 Å². The highest BCUT2D eigenvalue weighted by Crippen LogP contribution is 2.52. The minimum absolute atomic E-state index is 0.0776. The van der Waals surface area contributed by atoms with Crippen LogP contribution in [0.3, 0.4) is 0 Å². The fourth-order valence-corrected chi connectivity index (χ4v) is 19.3. The van der Waals surface area contributed by atoms with Crippen LogP contribution in [0.25, 0.3) is 190 Å². The number of benzene rings is 15. The van der Waals surface area contributed by atoms with Gasteiger partial charge in [0, 0.05) is 106 Å². The van der Waals surface area contributed by atoms with Gasteiger partial charge in [-0.3, -0.25) is 9.97 Å². The van der Waals surface area contributed by atoms with Crippen LogP contribution in [-0.4, -0.2) is 73.2 Å². The fraction of sp³-hybridized carbons (Fsp3) is 0.0588. The molecule has 7 aliphatic rings. The number of allylic oxidation sites excluding steroid dienone is 10. The summed E-state index contributed by atoms with van der Waals surface area (Å²) in [5.41, 5.74) is 29.4. The first-order chi connectivity index (χ1) is 66.8. The lowest BCUT2D eigenvalue weighted by Crippen LogP contribution is -2.24. The molecule has 638 valence electrons. The maximum atomic E-state index is 6.45. The molecule has 0 spiro atoms. The second-order valence-electron chi connectivity index (χ2n) is 34.2. The quantitative estimate of drug-likeness (QED) is 0.121. The Hall–Kier alpha value is -17.8. The highest BCUT2D eigenvalue weighted by Gasteiger charge is 2.31. The van der Waals surface area contributed by atoms with Crippen LogP contribution in [0.2, 0.25) is 0 Å². The number of anilines is 1. The molecule has 16 heteroatoms. The number of nitrogens with zero attached hydrogens (tertiary/aromatic N) is 12. The van der Waals surface area contributed by atoms with Gasteiger partial charge in [-0.1, -0.05) is 279 Å². The molecule has 27 rings (SSSR count). The monoisotopic (exact) mass is 1740 g/mol. The summed E-state index contributed by atoms with van der Waals surface area (Å²) in [5.74, 6) is 8.00. The first-order valence-electron chi connectivity index (χ1n) is 45.6. The summed E-state index contributed by atoms with van der Waals surface area (Å²) in [7, 11) is 0. The highest BCUT2D eigenvalue weighted by molar-refractivity contribution is 6.18. The van der Waals surface area contributed by atoms with Crippen LogP contribution in [0.4, 0.5) is 11.4 Å². The van der Waals surface area contributed by atoms with Gasteiger partial charge in [0.2, 0.25) is 0 Å². The lowest BCUT2D eigenvalue weighted by molar-refractivity contribution is 0.260. The minimum atomic E-state index is 0.0776. The summed E-state index contributed by atoms with van der Waals surface area (Å²) in [6.07, 6.45) is 29.2. The van der Waals surface area contributed by atoms with E-state index in [0.29, 0.717) is 35.7 Å². The average Bonchev–Trinajstić information content (AvgIpc) is 0.742. The van der Waals surface area contributed by atoms with Gasteiger partial charge in [-0.15, -0.1) is 0 Å². The molecule has 3 aliphatic carbocycles. The zero-order chi connectivity index (χ0) is 89.2. The van der Waals surface area contributed by atoms with Crippen LogP contribution in [0.1, 0.15) is 54.2 Å². The van der Waals surface area contributed by atoms with Crippen molar-refractivity contribution in [2.45, 2.75) is 37.7 Å². The lowest BCUT2D eigenvalue weighted by atomic mass is 9.86. The van der Waals surface area contributed by atoms with Crippen LogP contribution in [0.15, 0.2) is 406 Å². The van der Waals surface area contributed by atoms with E-state index in [4.69, 9.17) is 74.0 Å². The molecule has 2 atom stereocenters. The second-order valence-corrected chi connectivity index (χ2v) is 34.2. The van der Waals surface area contributed by atoms with E-state index in [1.54, 1.807) is 0 Å². The zero-order valence-electron chi connectivity index (χ0n) is 72.9. The van der Waals surface area contributed by atoms with E-state index in [0.717, 1.165) is 227 Å². The summed E-state index contributed by atoms with van der Waals surface area (Å²) in [5, 5.41) is 10.3.